The Morgan fingerprint density at radius 2 is 2.50 bits per heavy atom. The summed E-state index contributed by atoms with van der Waals surface area (Å²) >= 11 is 0. The first-order valence-corrected chi connectivity index (χ1v) is 3.23. The number of nitrogens with zero attached hydrogens (tertiary/aromatic N) is 3. The quantitative estimate of drug-likeness (QED) is 0.488. The third-order valence-corrected chi connectivity index (χ3v) is 1.73. The van der Waals surface area contributed by atoms with Crippen LogP contribution in [0.25, 0.3) is 0 Å². The number of azo groups is 1. The van der Waals surface area contributed by atoms with Gasteiger partial charge in [-0.25, -0.2) is 0 Å². The Balaban J connectivity index is 2.33. The second-order valence-electron chi connectivity index (χ2n) is 2.35. The van der Waals surface area contributed by atoms with Crippen LogP contribution in [0.2, 0.25) is 0 Å². The minimum atomic E-state index is 0.193. The van der Waals surface area contributed by atoms with Gasteiger partial charge >= 0.3 is 0 Å². The van der Waals surface area contributed by atoms with E-state index in [0.29, 0.717) is 13.1 Å². The van der Waals surface area contributed by atoms with Crippen LogP contribution in [-0.4, -0.2) is 23.9 Å². The molecule has 0 spiro atoms. The average molecular weight is 137 g/mol. The summed E-state index contributed by atoms with van der Waals surface area (Å²) in [5, 5.41) is 7.45. The van der Waals surface area contributed by atoms with Crippen LogP contribution >= 0.6 is 0 Å². The lowest BCUT2D eigenvalue weighted by atomic mass is 10.3. The van der Waals surface area contributed by atoms with Gasteiger partial charge in [0.15, 0.2) is 5.78 Å². The van der Waals surface area contributed by atoms with E-state index in [1.54, 1.807) is 6.20 Å². The molecular formula is C6H7N3O. The summed E-state index contributed by atoms with van der Waals surface area (Å²) in [7, 11) is 0. The number of rotatable bonds is 0. The van der Waals surface area contributed by atoms with Crippen molar-refractivity contribution in [1.29, 1.82) is 0 Å². The summed E-state index contributed by atoms with van der Waals surface area (Å²) in [5.74, 6) is 0.193. The molecule has 0 bridgehead atoms. The van der Waals surface area contributed by atoms with Gasteiger partial charge in [-0.3, -0.25) is 4.79 Å². The molecular weight excluding hydrogens is 130 g/mol. The maximum atomic E-state index is 11.0. The van der Waals surface area contributed by atoms with Crippen molar-refractivity contribution in [3.8, 4) is 0 Å². The van der Waals surface area contributed by atoms with E-state index in [9.17, 15) is 4.79 Å². The van der Waals surface area contributed by atoms with E-state index in [1.807, 2.05) is 4.90 Å². The van der Waals surface area contributed by atoms with Crippen molar-refractivity contribution in [2.45, 2.75) is 6.42 Å². The molecule has 0 radical (unpaired) electrons. The predicted molar refractivity (Wildman–Crippen MR) is 34.1 cm³/mol. The first-order chi connectivity index (χ1) is 4.88. The van der Waals surface area contributed by atoms with E-state index < -0.39 is 0 Å². The molecule has 4 heteroatoms. The van der Waals surface area contributed by atoms with Gasteiger partial charge < -0.3 is 4.90 Å². The van der Waals surface area contributed by atoms with Crippen molar-refractivity contribution in [3.63, 3.8) is 0 Å². The Morgan fingerprint density at radius 3 is 3.30 bits per heavy atom. The SMILES string of the molecule is O=C1CCN2CN=NC=C12. The Kier molecular flexibility index (Phi) is 1.06. The van der Waals surface area contributed by atoms with Crippen LogP contribution in [0.1, 0.15) is 6.42 Å². The van der Waals surface area contributed by atoms with Crippen LogP contribution < -0.4 is 0 Å². The van der Waals surface area contributed by atoms with Crippen molar-refractivity contribution in [3.05, 3.63) is 11.9 Å². The Hall–Kier alpha value is -1.19. The van der Waals surface area contributed by atoms with Gasteiger partial charge in [0.25, 0.3) is 0 Å². The van der Waals surface area contributed by atoms with Crippen LogP contribution in [0.3, 0.4) is 0 Å². The molecule has 4 nitrogen and oxygen atoms in total. The molecule has 0 saturated carbocycles. The van der Waals surface area contributed by atoms with E-state index in [-0.39, 0.29) is 5.78 Å². The average Bonchev–Trinajstić information content (AvgIpc) is 2.34. The summed E-state index contributed by atoms with van der Waals surface area (Å²) in [6.07, 6.45) is 2.16. The van der Waals surface area contributed by atoms with Crippen molar-refractivity contribution in [2.75, 3.05) is 13.2 Å². The number of carbonyl (C=O) groups is 1. The summed E-state index contributed by atoms with van der Waals surface area (Å²) in [5.41, 5.74) is 0.731. The van der Waals surface area contributed by atoms with Crippen molar-refractivity contribution < 1.29 is 4.79 Å². The largest absolute Gasteiger partial charge is 0.346 e. The van der Waals surface area contributed by atoms with Gasteiger partial charge in [0.2, 0.25) is 0 Å². The molecule has 0 aromatic rings. The fourth-order valence-corrected chi connectivity index (χ4v) is 1.17. The third-order valence-electron chi connectivity index (χ3n) is 1.73. The predicted octanol–water partition coefficient (Wildman–Crippen LogP) is 0.526. The maximum Gasteiger partial charge on any atom is 0.182 e. The van der Waals surface area contributed by atoms with Gasteiger partial charge in [-0.2, -0.15) is 10.2 Å². The number of fused-ring (bicyclic) bond motifs is 1. The smallest absolute Gasteiger partial charge is 0.182 e. The number of hydrogen-bond acceptors (Lipinski definition) is 4. The minimum Gasteiger partial charge on any atom is -0.346 e. The molecule has 0 amide bonds. The molecule has 2 aliphatic rings. The Bertz CT molecular complexity index is 231. The lowest BCUT2D eigenvalue weighted by Gasteiger charge is -2.16. The minimum absolute atomic E-state index is 0.193. The summed E-state index contributed by atoms with van der Waals surface area (Å²) < 4.78 is 0. The third kappa shape index (κ3) is 0.650. The first kappa shape index (κ1) is 5.58. The number of ketones is 1. The topological polar surface area (TPSA) is 45.0 Å². The highest BCUT2D eigenvalue weighted by molar-refractivity contribution is 5.96. The van der Waals surface area contributed by atoms with Crippen LogP contribution in [-0.2, 0) is 4.79 Å². The Morgan fingerprint density at radius 1 is 1.60 bits per heavy atom. The first-order valence-electron chi connectivity index (χ1n) is 3.23. The number of carbonyl (C=O) groups excluding carboxylic acids is 1. The van der Waals surface area contributed by atoms with Crippen molar-refractivity contribution in [2.24, 2.45) is 10.2 Å². The second kappa shape index (κ2) is 1.90. The monoisotopic (exact) mass is 137 g/mol. The molecule has 1 fully saturated rings. The Labute approximate surface area is 58.2 Å². The number of hydrogen-bond donors (Lipinski definition) is 0. The van der Waals surface area contributed by atoms with Crippen LogP contribution in [0.5, 0.6) is 0 Å². The highest BCUT2D eigenvalue weighted by Crippen LogP contribution is 2.19. The zero-order valence-corrected chi connectivity index (χ0v) is 5.45. The molecule has 0 aliphatic carbocycles. The van der Waals surface area contributed by atoms with E-state index in [4.69, 9.17) is 0 Å². The molecule has 2 aliphatic heterocycles. The van der Waals surface area contributed by atoms with Gasteiger partial charge in [0.1, 0.15) is 12.4 Å². The molecule has 52 valence electrons. The molecule has 2 heterocycles. The molecule has 0 unspecified atom stereocenters. The number of Topliss-reactive ketones (excluding diaryl/α,β-unsaturated/α-hetero) is 1. The van der Waals surface area contributed by atoms with Gasteiger partial charge in [0.05, 0.1) is 6.20 Å². The van der Waals surface area contributed by atoms with Crippen molar-refractivity contribution in [1.82, 2.24) is 4.90 Å². The van der Waals surface area contributed by atoms with Crippen molar-refractivity contribution >= 4 is 5.78 Å². The fraction of sp³-hybridized carbons (Fsp3) is 0.500. The summed E-state index contributed by atoms with van der Waals surface area (Å²) in [4.78, 5) is 12.9. The lowest BCUT2D eigenvalue weighted by molar-refractivity contribution is -0.114. The molecule has 1 saturated heterocycles. The molecule has 0 N–H and O–H groups in total. The highest BCUT2D eigenvalue weighted by atomic mass is 16.1. The standard InChI is InChI=1S/C6H7N3O/c10-6-1-2-9-4-8-7-3-5(6)9/h3H,1-2,4H2. The van der Waals surface area contributed by atoms with Gasteiger partial charge in [-0.1, -0.05) is 0 Å². The van der Waals surface area contributed by atoms with E-state index in [1.165, 1.54) is 0 Å². The maximum absolute atomic E-state index is 11.0. The second-order valence-corrected chi connectivity index (χ2v) is 2.35. The van der Waals surface area contributed by atoms with E-state index in [0.717, 1.165) is 12.2 Å². The van der Waals surface area contributed by atoms with Gasteiger partial charge in [-0.05, 0) is 0 Å². The van der Waals surface area contributed by atoms with Crippen LogP contribution in [0, 0.1) is 0 Å². The summed E-state index contributed by atoms with van der Waals surface area (Å²) in [6, 6.07) is 0. The van der Waals surface area contributed by atoms with Gasteiger partial charge in [0, 0.05) is 13.0 Å². The van der Waals surface area contributed by atoms with E-state index in [2.05, 4.69) is 10.2 Å². The van der Waals surface area contributed by atoms with Crippen LogP contribution in [0.15, 0.2) is 22.1 Å². The summed E-state index contributed by atoms with van der Waals surface area (Å²) in [6.45, 7) is 1.36. The molecule has 2 rings (SSSR count). The molecule has 0 aromatic carbocycles. The molecule has 0 aromatic heterocycles. The van der Waals surface area contributed by atoms with Crippen LogP contribution in [0.4, 0.5) is 0 Å². The molecule has 0 atom stereocenters. The zero-order chi connectivity index (χ0) is 6.97. The lowest BCUT2D eigenvalue weighted by Crippen LogP contribution is -2.20. The zero-order valence-electron chi connectivity index (χ0n) is 5.45. The number of allylic oxidation sites excluding steroid dienone is 1. The normalized spacial score (nSPS) is 23.0. The fourth-order valence-electron chi connectivity index (χ4n) is 1.17. The van der Waals surface area contributed by atoms with E-state index >= 15 is 0 Å². The molecule has 10 heavy (non-hydrogen) atoms. The highest BCUT2D eigenvalue weighted by Gasteiger charge is 2.26. The van der Waals surface area contributed by atoms with Gasteiger partial charge in [-0.15, -0.1) is 0 Å².